The zero-order chi connectivity index (χ0) is 12.1. The van der Waals surface area contributed by atoms with Gasteiger partial charge in [0.1, 0.15) is 0 Å². The average molecular weight is 259 g/mol. The van der Waals surface area contributed by atoms with Gasteiger partial charge in [-0.3, -0.25) is 11.3 Å². The summed E-state index contributed by atoms with van der Waals surface area (Å²) in [4.78, 5) is 0. The molecule has 0 radical (unpaired) electrons. The van der Waals surface area contributed by atoms with Crippen LogP contribution in [0, 0.1) is 0 Å². The van der Waals surface area contributed by atoms with Crippen LogP contribution in [0.2, 0.25) is 10.0 Å². The quantitative estimate of drug-likeness (QED) is 0.478. The molecule has 0 fully saturated rings. The zero-order valence-corrected chi connectivity index (χ0v) is 10.8. The molecule has 3 N–H and O–H groups in total. The number of benzene rings is 1. The topological polar surface area (TPSA) is 38.0 Å². The molecule has 1 rings (SSSR count). The Morgan fingerprint density at radius 2 is 2.12 bits per heavy atom. The Bertz CT molecular complexity index is 377. The Morgan fingerprint density at radius 3 is 2.62 bits per heavy atom. The second-order valence-corrected chi connectivity index (χ2v) is 4.51. The third kappa shape index (κ3) is 3.49. The van der Waals surface area contributed by atoms with Crippen molar-refractivity contribution in [2.75, 3.05) is 0 Å². The molecule has 0 aliphatic carbocycles. The number of hydrogen-bond donors (Lipinski definition) is 2. The predicted octanol–water partition coefficient (Wildman–Crippen LogP) is 3.85. The lowest BCUT2D eigenvalue weighted by Gasteiger charge is -2.17. The predicted molar refractivity (Wildman–Crippen MR) is 70.6 cm³/mol. The summed E-state index contributed by atoms with van der Waals surface area (Å²) in [6, 6.07) is 5.55. The Balaban J connectivity index is 2.86. The zero-order valence-electron chi connectivity index (χ0n) is 9.26. The van der Waals surface area contributed by atoms with E-state index in [0.717, 1.165) is 24.0 Å². The van der Waals surface area contributed by atoms with E-state index < -0.39 is 0 Å². The summed E-state index contributed by atoms with van der Waals surface area (Å²) in [5.41, 5.74) is 4.93. The van der Waals surface area contributed by atoms with Crippen LogP contribution >= 0.6 is 23.2 Å². The lowest BCUT2D eigenvalue weighted by atomic mass is 9.99. The molecule has 0 saturated carbocycles. The molecule has 4 heteroatoms. The number of hydrogen-bond acceptors (Lipinski definition) is 2. The number of hydrazine groups is 1. The minimum Gasteiger partial charge on any atom is -0.271 e. The largest absolute Gasteiger partial charge is 0.271 e. The first-order chi connectivity index (χ1) is 7.58. The fourth-order valence-electron chi connectivity index (χ4n) is 1.44. The fourth-order valence-corrected chi connectivity index (χ4v) is 1.74. The Kier molecular flexibility index (Phi) is 5.29. The van der Waals surface area contributed by atoms with Gasteiger partial charge in [0.25, 0.3) is 0 Å². The van der Waals surface area contributed by atoms with E-state index in [1.165, 1.54) is 0 Å². The summed E-state index contributed by atoms with van der Waals surface area (Å²) in [5, 5.41) is 1.09. The van der Waals surface area contributed by atoms with Gasteiger partial charge in [0, 0.05) is 6.04 Å². The molecule has 2 nitrogen and oxygen atoms in total. The first-order valence-corrected chi connectivity index (χ1v) is 5.91. The second-order valence-electron chi connectivity index (χ2n) is 3.70. The molecule has 16 heavy (non-hydrogen) atoms. The maximum absolute atomic E-state index is 5.96. The van der Waals surface area contributed by atoms with Crippen molar-refractivity contribution in [3.05, 3.63) is 46.0 Å². The Hall–Kier alpha value is -0.540. The van der Waals surface area contributed by atoms with Crippen LogP contribution < -0.4 is 11.3 Å². The van der Waals surface area contributed by atoms with Crippen LogP contribution in [0.1, 0.15) is 31.4 Å². The van der Waals surface area contributed by atoms with E-state index in [-0.39, 0.29) is 6.04 Å². The number of halogens is 2. The molecule has 0 amide bonds. The molecule has 0 heterocycles. The van der Waals surface area contributed by atoms with Gasteiger partial charge in [0.2, 0.25) is 0 Å². The Labute approximate surface area is 106 Å². The fraction of sp³-hybridized carbons (Fsp3) is 0.333. The second kappa shape index (κ2) is 6.26. The van der Waals surface area contributed by atoms with E-state index >= 15 is 0 Å². The molecule has 0 aliphatic rings. The number of rotatable bonds is 5. The molecular formula is C12H16Cl2N2. The molecule has 0 bridgehead atoms. The minimum absolute atomic E-state index is 0.0298. The number of nitrogens with two attached hydrogens (primary N) is 1. The van der Waals surface area contributed by atoms with E-state index in [1.807, 2.05) is 12.1 Å². The maximum atomic E-state index is 5.96. The van der Waals surface area contributed by atoms with E-state index in [9.17, 15) is 0 Å². The lowest BCUT2D eigenvalue weighted by molar-refractivity contribution is 0.545. The van der Waals surface area contributed by atoms with Crippen LogP contribution in [-0.2, 0) is 0 Å². The van der Waals surface area contributed by atoms with Crippen molar-refractivity contribution in [2.24, 2.45) is 5.84 Å². The summed E-state index contributed by atoms with van der Waals surface area (Å²) in [5.74, 6) is 5.53. The monoisotopic (exact) mass is 258 g/mol. The van der Waals surface area contributed by atoms with Crippen LogP contribution in [0.5, 0.6) is 0 Å². The smallest absolute Gasteiger partial charge is 0.0595 e. The third-order valence-corrected chi connectivity index (χ3v) is 3.28. The van der Waals surface area contributed by atoms with Crippen molar-refractivity contribution in [3.63, 3.8) is 0 Å². The molecule has 1 aromatic carbocycles. The van der Waals surface area contributed by atoms with Gasteiger partial charge in [-0.25, -0.2) is 0 Å². The van der Waals surface area contributed by atoms with Gasteiger partial charge in [-0.2, -0.15) is 0 Å². The highest BCUT2D eigenvalue weighted by Crippen LogP contribution is 2.28. The van der Waals surface area contributed by atoms with E-state index in [0.29, 0.717) is 10.0 Å². The summed E-state index contributed by atoms with van der Waals surface area (Å²) >= 11 is 11.8. The van der Waals surface area contributed by atoms with Gasteiger partial charge < -0.3 is 0 Å². The van der Waals surface area contributed by atoms with Crippen LogP contribution in [0.4, 0.5) is 0 Å². The summed E-state index contributed by atoms with van der Waals surface area (Å²) in [7, 11) is 0. The molecule has 1 unspecified atom stereocenters. The summed E-state index contributed by atoms with van der Waals surface area (Å²) in [6.45, 7) is 6.05. The number of nitrogens with one attached hydrogen (secondary N) is 1. The summed E-state index contributed by atoms with van der Waals surface area (Å²) in [6.07, 6.45) is 1.74. The maximum Gasteiger partial charge on any atom is 0.0595 e. The first-order valence-electron chi connectivity index (χ1n) is 5.16. The molecule has 0 aliphatic heterocycles. The first kappa shape index (κ1) is 13.5. The van der Waals surface area contributed by atoms with Crippen molar-refractivity contribution in [3.8, 4) is 0 Å². The highest BCUT2D eigenvalue weighted by Gasteiger charge is 2.11. The molecular weight excluding hydrogens is 243 g/mol. The van der Waals surface area contributed by atoms with Gasteiger partial charge in [-0.1, -0.05) is 48.3 Å². The van der Waals surface area contributed by atoms with Crippen LogP contribution in [0.15, 0.2) is 30.4 Å². The van der Waals surface area contributed by atoms with Gasteiger partial charge in [-0.05, 0) is 30.5 Å². The van der Waals surface area contributed by atoms with E-state index in [2.05, 4.69) is 18.9 Å². The van der Waals surface area contributed by atoms with Gasteiger partial charge in [0.15, 0.2) is 0 Å². The van der Waals surface area contributed by atoms with Crippen molar-refractivity contribution in [1.82, 2.24) is 5.43 Å². The average Bonchev–Trinajstić information content (AvgIpc) is 2.29. The Morgan fingerprint density at radius 1 is 1.44 bits per heavy atom. The lowest BCUT2D eigenvalue weighted by Crippen LogP contribution is -2.28. The minimum atomic E-state index is 0.0298. The molecule has 0 saturated heterocycles. The SMILES string of the molecule is C=C(CC)CC(NN)c1ccc(Cl)c(Cl)c1. The summed E-state index contributed by atoms with van der Waals surface area (Å²) < 4.78 is 0. The van der Waals surface area contributed by atoms with Crippen LogP contribution in [-0.4, -0.2) is 0 Å². The molecule has 1 aromatic rings. The van der Waals surface area contributed by atoms with E-state index in [1.54, 1.807) is 6.07 Å². The van der Waals surface area contributed by atoms with Crippen molar-refractivity contribution in [2.45, 2.75) is 25.8 Å². The normalized spacial score (nSPS) is 12.5. The molecule has 1 atom stereocenters. The third-order valence-electron chi connectivity index (χ3n) is 2.54. The van der Waals surface area contributed by atoms with Gasteiger partial charge in [-0.15, -0.1) is 0 Å². The van der Waals surface area contributed by atoms with Crippen molar-refractivity contribution < 1.29 is 0 Å². The van der Waals surface area contributed by atoms with Crippen LogP contribution in [0.25, 0.3) is 0 Å². The highest BCUT2D eigenvalue weighted by atomic mass is 35.5. The van der Waals surface area contributed by atoms with Crippen molar-refractivity contribution in [1.29, 1.82) is 0 Å². The molecule has 0 spiro atoms. The van der Waals surface area contributed by atoms with Gasteiger partial charge in [0.05, 0.1) is 10.0 Å². The highest BCUT2D eigenvalue weighted by molar-refractivity contribution is 6.42. The molecule has 0 aromatic heterocycles. The van der Waals surface area contributed by atoms with E-state index in [4.69, 9.17) is 29.0 Å². The molecule has 88 valence electrons. The van der Waals surface area contributed by atoms with Gasteiger partial charge >= 0.3 is 0 Å². The van der Waals surface area contributed by atoms with Crippen LogP contribution in [0.3, 0.4) is 0 Å². The van der Waals surface area contributed by atoms with Crippen molar-refractivity contribution >= 4 is 23.2 Å². The standard InChI is InChI=1S/C12H16Cl2N2/c1-3-8(2)6-12(16-15)9-4-5-10(13)11(14)7-9/h4-5,7,12,16H,2-3,6,15H2,1H3.